The number of halogens is 1. The molecule has 1 heterocycles. The second kappa shape index (κ2) is 8.15. The van der Waals surface area contributed by atoms with Gasteiger partial charge >= 0.3 is 0 Å². The van der Waals surface area contributed by atoms with Gasteiger partial charge in [0.25, 0.3) is 0 Å². The second-order valence-corrected chi connectivity index (χ2v) is 5.91. The van der Waals surface area contributed by atoms with Crippen molar-refractivity contribution < 1.29 is 4.74 Å². The molecule has 3 nitrogen and oxygen atoms in total. The second-order valence-electron chi connectivity index (χ2n) is 5.00. The van der Waals surface area contributed by atoms with Crippen molar-refractivity contribution in [3.8, 4) is 5.75 Å². The van der Waals surface area contributed by atoms with E-state index in [4.69, 9.17) is 4.74 Å². The van der Waals surface area contributed by atoms with Gasteiger partial charge in [-0.3, -0.25) is 4.98 Å². The molecule has 0 saturated carbocycles. The molecule has 0 aliphatic heterocycles. The van der Waals surface area contributed by atoms with Crippen LogP contribution in [-0.4, -0.2) is 18.6 Å². The molecule has 1 N–H and O–H groups in total. The van der Waals surface area contributed by atoms with Crippen molar-refractivity contribution >= 4 is 15.9 Å². The molecule has 0 aliphatic carbocycles. The summed E-state index contributed by atoms with van der Waals surface area (Å²) in [6.45, 7) is 3.16. The Morgan fingerprint density at radius 1 is 1.24 bits per heavy atom. The summed E-state index contributed by atoms with van der Waals surface area (Å²) >= 11 is 3.48. The highest BCUT2D eigenvalue weighted by molar-refractivity contribution is 9.10. The summed E-state index contributed by atoms with van der Waals surface area (Å²) in [5.41, 5.74) is 2.46. The van der Waals surface area contributed by atoms with Gasteiger partial charge < -0.3 is 10.1 Å². The fourth-order valence-electron chi connectivity index (χ4n) is 2.22. The number of nitrogens with one attached hydrogen (secondary N) is 1. The maximum absolute atomic E-state index is 5.28. The third-order valence-corrected chi connectivity index (χ3v) is 3.89. The van der Waals surface area contributed by atoms with E-state index in [9.17, 15) is 0 Å². The van der Waals surface area contributed by atoms with Crippen LogP contribution in [0.3, 0.4) is 0 Å². The van der Waals surface area contributed by atoms with Crippen LogP contribution < -0.4 is 10.1 Å². The molecule has 1 aromatic carbocycles. The number of benzene rings is 1. The maximum atomic E-state index is 5.28. The molecule has 0 radical (unpaired) electrons. The van der Waals surface area contributed by atoms with E-state index in [1.54, 1.807) is 13.3 Å². The van der Waals surface area contributed by atoms with Crippen LogP contribution in [0.25, 0.3) is 0 Å². The first-order chi connectivity index (χ1) is 10.2. The summed E-state index contributed by atoms with van der Waals surface area (Å²) < 4.78 is 6.38. The number of pyridine rings is 1. The average molecular weight is 349 g/mol. The first-order valence-corrected chi connectivity index (χ1v) is 7.99. The number of hydrogen-bond acceptors (Lipinski definition) is 3. The predicted molar refractivity (Wildman–Crippen MR) is 89.7 cm³/mol. The first kappa shape index (κ1) is 16.0. The molecule has 0 bridgehead atoms. The Balaban J connectivity index is 2.18. The molecular formula is C17H21BrN2O. The highest BCUT2D eigenvalue weighted by atomic mass is 79.9. The summed E-state index contributed by atoms with van der Waals surface area (Å²) in [6.07, 6.45) is 5.69. The van der Waals surface area contributed by atoms with Gasteiger partial charge in [-0.05, 0) is 48.7 Å². The lowest BCUT2D eigenvalue weighted by atomic mass is 10.00. The Morgan fingerprint density at radius 2 is 2.00 bits per heavy atom. The fourth-order valence-corrected chi connectivity index (χ4v) is 2.48. The van der Waals surface area contributed by atoms with Gasteiger partial charge in [-0.2, -0.15) is 0 Å². The minimum absolute atomic E-state index is 0.244. The van der Waals surface area contributed by atoms with Crippen molar-refractivity contribution in [3.05, 3.63) is 58.3 Å². The minimum atomic E-state index is 0.244. The van der Waals surface area contributed by atoms with E-state index in [0.29, 0.717) is 0 Å². The van der Waals surface area contributed by atoms with E-state index >= 15 is 0 Å². The molecule has 0 aliphatic rings. The summed E-state index contributed by atoms with van der Waals surface area (Å²) in [5, 5.41) is 3.59. The fraction of sp³-hybridized carbons (Fsp3) is 0.353. The molecular weight excluding hydrogens is 328 g/mol. The lowest BCUT2D eigenvalue weighted by Gasteiger charge is -2.19. The van der Waals surface area contributed by atoms with Crippen molar-refractivity contribution in [2.75, 3.05) is 13.7 Å². The zero-order chi connectivity index (χ0) is 15.1. The molecule has 0 spiro atoms. The van der Waals surface area contributed by atoms with Crippen molar-refractivity contribution in [2.24, 2.45) is 0 Å². The van der Waals surface area contributed by atoms with Gasteiger partial charge in [0.05, 0.1) is 13.3 Å². The summed E-state index contributed by atoms with van der Waals surface area (Å²) in [4.78, 5) is 4.27. The van der Waals surface area contributed by atoms with Crippen molar-refractivity contribution in [2.45, 2.75) is 25.8 Å². The van der Waals surface area contributed by atoms with Crippen LogP contribution in [0.5, 0.6) is 5.75 Å². The quantitative estimate of drug-likeness (QED) is 0.816. The van der Waals surface area contributed by atoms with Crippen molar-refractivity contribution in [3.63, 3.8) is 0 Å². The number of nitrogens with zero attached hydrogens (tertiary/aromatic N) is 1. The summed E-state index contributed by atoms with van der Waals surface area (Å²) in [5.74, 6) is 0.798. The topological polar surface area (TPSA) is 34.2 Å². The average Bonchev–Trinajstić information content (AvgIpc) is 2.53. The minimum Gasteiger partial charge on any atom is -0.495 e. The van der Waals surface area contributed by atoms with E-state index < -0.39 is 0 Å². The standard InChI is InChI=1S/C17H21BrN2O/c1-3-8-20-17(9-13-4-6-15(18)7-5-13)14-10-16(21-2)12-19-11-14/h4-7,10-12,17,20H,3,8-9H2,1-2H3. The van der Waals surface area contributed by atoms with Crippen LogP contribution in [-0.2, 0) is 6.42 Å². The van der Waals surface area contributed by atoms with E-state index in [1.807, 2.05) is 6.20 Å². The van der Waals surface area contributed by atoms with Gasteiger partial charge in [0.2, 0.25) is 0 Å². The van der Waals surface area contributed by atoms with Gasteiger partial charge in [0.1, 0.15) is 5.75 Å². The Bertz CT molecular complexity index is 557. The smallest absolute Gasteiger partial charge is 0.137 e. The first-order valence-electron chi connectivity index (χ1n) is 7.19. The van der Waals surface area contributed by atoms with Gasteiger partial charge in [0.15, 0.2) is 0 Å². The SMILES string of the molecule is CCCNC(Cc1ccc(Br)cc1)c1cncc(OC)c1. The number of methoxy groups -OCH3 is 1. The summed E-state index contributed by atoms with van der Waals surface area (Å²) in [6, 6.07) is 10.8. The van der Waals surface area contributed by atoms with Crippen LogP contribution in [0.15, 0.2) is 47.2 Å². The zero-order valence-corrected chi connectivity index (χ0v) is 14.1. The molecule has 21 heavy (non-hydrogen) atoms. The third-order valence-electron chi connectivity index (χ3n) is 3.37. The number of aromatic nitrogens is 1. The van der Waals surface area contributed by atoms with Gasteiger partial charge in [-0.1, -0.05) is 35.0 Å². The highest BCUT2D eigenvalue weighted by Crippen LogP contribution is 2.22. The number of ether oxygens (including phenoxy) is 1. The Morgan fingerprint density at radius 3 is 2.67 bits per heavy atom. The molecule has 1 aromatic heterocycles. The normalized spacial score (nSPS) is 12.1. The molecule has 2 aromatic rings. The largest absolute Gasteiger partial charge is 0.495 e. The molecule has 1 atom stereocenters. The molecule has 0 fully saturated rings. The zero-order valence-electron chi connectivity index (χ0n) is 12.5. The molecule has 0 amide bonds. The van der Waals surface area contributed by atoms with E-state index in [-0.39, 0.29) is 6.04 Å². The molecule has 0 saturated heterocycles. The van der Waals surface area contributed by atoms with Gasteiger partial charge in [-0.25, -0.2) is 0 Å². The molecule has 4 heteroatoms. The molecule has 112 valence electrons. The van der Waals surface area contributed by atoms with Crippen LogP contribution >= 0.6 is 15.9 Å². The monoisotopic (exact) mass is 348 g/mol. The van der Waals surface area contributed by atoms with Crippen molar-refractivity contribution in [1.82, 2.24) is 10.3 Å². The lowest BCUT2D eigenvalue weighted by Crippen LogP contribution is -2.24. The number of rotatable bonds is 7. The van der Waals surface area contributed by atoms with E-state index in [0.717, 1.165) is 35.2 Å². The Labute approximate surface area is 134 Å². The highest BCUT2D eigenvalue weighted by Gasteiger charge is 2.13. The van der Waals surface area contributed by atoms with Crippen LogP contribution in [0.2, 0.25) is 0 Å². The lowest BCUT2D eigenvalue weighted by molar-refractivity contribution is 0.410. The van der Waals surface area contributed by atoms with Gasteiger partial charge in [-0.15, -0.1) is 0 Å². The van der Waals surface area contributed by atoms with Gasteiger partial charge in [0, 0.05) is 16.7 Å². The van der Waals surface area contributed by atoms with E-state index in [2.05, 4.69) is 63.5 Å². The Kier molecular flexibility index (Phi) is 6.21. The maximum Gasteiger partial charge on any atom is 0.137 e. The van der Waals surface area contributed by atoms with Crippen LogP contribution in [0.1, 0.15) is 30.5 Å². The van der Waals surface area contributed by atoms with Crippen molar-refractivity contribution in [1.29, 1.82) is 0 Å². The predicted octanol–water partition coefficient (Wildman–Crippen LogP) is 4.14. The van der Waals surface area contributed by atoms with Crippen LogP contribution in [0, 0.1) is 0 Å². The van der Waals surface area contributed by atoms with E-state index in [1.165, 1.54) is 5.56 Å². The Hall–Kier alpha value is -1.39. The summed E-state index contributed by atoms with van der Waals surface area (Å²) in [7, 11) is 1.67. The van der Waals surface area contributed by atoms with Crippen LogP contribution in [0.4, 0.5) is 0 Å². The molecule has 2 rings (SSSR count). The number of hydrogen-bond donors (Lipinski definition) is 1. The third kappa shape index (κ3) is 4.83. The molecule has 1 unspecified atom stereocenters.